The number of carbonyl (C=O) groups excluding carboxylic acids is 2. The number of carboxylic acid groups (broad SMARTS) is 1. The highest BCUT2D eigenvalue weighted by atomic mass is 16.5. The first-order chi connectivity index (χ1) is 12.0. The summed E-state index contributed by atoms with van der Waals surface area (Å²) in [7, 11) is 0. The first-order valence-electron chi connectivity index (χ1n) is 8.12. The fourth-order valence-corrected chi connectivity index (χ4v) is 2.64. The predicted molar refractivity (Wildman–Crippen MR) is 88.5 cm³/mol. The third kappa shape index (κ3) is 5.18. The van der Waals surface area contributed by atoms with E-state index in [1.54, 1.807) is 24.3 Å². The molecule has 0 spiro atoms. The Hall–Kier alpha value is -2.61. The predicted octanol–water partition coefficient (Wildman–Crippen LogP) is 0.517. The van der Waals surface area contributed by atoms with Crippen LogP contribution in [0.4, 0.5) is 0 Å². The van der Waals surface area contributed by atoms with Gasteiger partial charge in [-0.3, -0.25) is 14.4 Å². The fraction of sp³-hybridized carbons (Fsp3) is 0.471. The average molecular weight is 350 g/mol. The SMILES string of the molecule is CCOc1ccccc1C(=O)NCC(=O)N1CCOCC1CC(=O)O. The molecule has 8 nitrogen and oxygen atoms in total. The van der Waals surface area contributed by atoms with Crippen LogP contribution in [0.1, 0.15) is 23.7 Å². The topological polar surface area (TPSA) is 105 Å². The van der Waals surface area contributed by atoms with Gasteiger partial charge in [0, 0.05) is 6.54 Å². The normalized spacial score (nSPS) is 17.0. The number of rotatable bonds is 7. The van der Waals surface area contributed by atoms with Gasteiger partial charge in [0.25, 0.3) is 5.91 Å². The number of benzene rings is 1. The maximum atomic E-state index is 12.4. The van der Waals surface area contributed by atoms with Gasteiger partial charge in [-0.15, -0.1) is 0 Å². The molecule has 1 atom stereocenters. The summed E-state index contributed by atoms with van der Waals surface area (Å²) < 4.78 is 10.6. The second-order valence-electron chi connectivity index (χ2n) is 5.53. The lowest BCUT2D eigenvalue weighted by Crippen LogP contribution is -2.52. The summed E-state index contributed by atoms with van der Waals surface area (Å²) in [4.78, 5) is 37.0. The Bertz CT molecular complexity index is 633. The van der Waals surface area contributed by atoms with Crippen LogP contribution in [0.2, 0.25) is 0 Å². The van der Waals surface area contributed by atoms with E-state index in [4.69, 9.17) is 14.6 Å². The molecule has 0 aliphatic carbocycles. The third-order valence-electron chi connectivity index (χ3n) is 3.79. The molecule has 0 radical (unpaired) electrons. The number of aliphatic carboxylic acids is 1. The maximum Gasteiger partial charge on any atom is 0.305 e. The van der Waals surface area contributed by atoms with Crippen LogP contribution in [0.3, 0.4) is 0 Å². The molecule has 2 rings (SSSR count). The Morgan fingerprint density at radius 1 is 1.36 bits per heavy atom. The van der Waals surface area contributed by atoms with Crippen LogP contribution in [-0.2, 0) is 14.3 Å². The zero-order chi connectivity index (χ0) is 18.2. The maximum absolute atomic E-state index is 12.4. The van der Waals surface area contributed by atoms with Crippen LogP contribution in [0.5, 0.6) is 5.75 Å². The van der Waals surface area contributed by atoms with Crippen molar-refractivity contribution in [2.75, 3.05) is 32.9 Å². The molecule has 1 aliphatic rings. The molecule has 1 saturated heterocycles. The van der Waals surface area contributed by atoms with Crippen LogP contribution in [0.15, 0.2) is 24.3 Å². The van der Waals surface area contributed by atoms with E-state index in [0.29, 0.717) is 31.1 Å². The van der Waals surface area contributed by atoms with E-state index in [1.165, 1.54) is 4.90 Å². The molecule has 1 heterocycles. The summed E-state index contributed by atoms with van der Waals surface area (Å²) >= 11 is 0. The largest absolute Gasteiger partial charge is 0.493 e. The number of nitrogens with one attached hydrogen (secondary N) is 1. The van der Waals surface area contributed by atoms with Gasteiger partial charge in [-0.2, -0.15) is 0 Å². The van der Waals surface area contributed by atoms with Crippen molar-refractivity contribution >= 4 is 17.8 Å². The van der Waals surface area contributed by atoms with Crippen molar-refractivity contribution in [2.45, 2.75) is 19.4 Å². The highest BCUT2D eigenvalue weighted by Crippen LogP contribution is 2.17. The van der Waals surface area contributed by atoms with Gasteiger partial charge in [0.1, 0.15) is 5.75 Å². The minimum absolute atomic E-state index is 0.180. The van der Waals surface area contributed by atoms with Gasteiger partial charge >= 0.3 is 5.97 Å². The van der Waals surface area contributed by atoms with Gasteiger partial charge in [-0.1, -0.05) is 12.1 Å². The summed E-state index contributed by atoms with van der Waals surface area (Å²) in [6.07, 6.45) is -0.188. The van der Waals surface area contributed by atoms with Gasteiger partial charge in [-0.05, 0) is 19.1 Å². The monoisotopic (exact) mass is 350 g/mol. The standard InChI is InChI=1S/C17H22N2O6/c1-2-25-14-6-4-3-5-13(14)17(23)18-10-15(20)19-7-8-24-11-12(19)9-16(21)22/h3-6,12H,2,7-11H2,1H3,(H,18,23)(H,21,22). The summed E-state index contributed by atoms with van der Waals surface area (Å²) in [5.74, 6) is -1.30. The van der Waals surface area contributed by atoms with E-state index >= 15 is 0 Å². The number of morpholine rings is 1. The molecule has 8 heteroatoms. The summed E-state index contributed by atoms with van der Waals surface area (Å²) in [5.41, 5.74) is 0.348. The first-order valence-corrected chi connectivity index (χ1v) is 8.12. The molecule has 1 fully saturated rings. The van der Waals surface area contributed by atoms with Crippen molar-refractivity contribution in [1.29, 1.82) is 0 Å². The van der Waals surface area contributed by atoms with Gasteiger partial charge in [0.05, 0.1) is 44.4 Å². The molecule has 1 aliphatic heterocycles. The number of hydrogen-bond acceptors (Lipinski definition) is 5. The molecule has 2 N–H and O–H groups in total. The van der Waals surface area contributed by atoms with Crippen molar-refractivity contribution in [2.24, 2.45) is 0 Å². The van der Waals surface area contributed by atoms with Crippen LogP contribution < -0.4 is 10.1 Å². The second-order valence-corrected chi connectivity index (χ2v) is 5.53. The van der Waals surface area contributed by atoms with E-state index in [0.717, 1.165) is 0 Å². The lowest BCUT2D eigenvalue weighted by atomic mass is 10.1. The summed E-state index contributed by atoms with van der Waals surface area (Å²) in [6.45, 7) is 2.87. The van der Waals surface area contributed by atoms with Crippen LogP contribution >= 0.6 is 0 Å². The van der Waals surface area contributed by atoms with E-state index in [9.17, 15) is 14.4 Å². The Kier molecular flexibility index (Phi) is 6.76. The van der Waals surface area contributed by atoms with Crippen LogP contribution in [0, 0.1) is 0 Å². The molecular weight excluding hydrogens is 328 g/mol. The molecule has 0 bridgehead atoms. The van der Waals surface area contributed by atoms with Crippen molar-refractivity contribution in [3.05, 3.63) is 29.8 Å². The molecular formula is C17H22N2O6. The number of carboxylic acids is 1. The Morgan fingerprint density at radius 3 is 2.84 bits per heavy atom. The molecule has 0 aromatic heterocycles. The number of carbonyl (C=O) groups is 3. The number of amides is 2. The molecule has 1 aromatic rings. The molecule has 1 aromatic carbocycles. The van der Waals surface area contributed by atoms with Crippen LogP contribution in [0.25, 0.3) is 0 Å². The zero-order valence-corrected chi connectivity index (χ0v) is 14.1. The van der Waals surface area contributed by atoms with Crippen LogP contribution in [-0.4, -0.2) is 66.7 Å². The average Bonchev–Trinajstić information content (AvgIpc) is 2.60. The minimum atomic E-state index is -0.997. The van der Waals surface area contributed by atoms with Crippen molar-refractivity contribution in [3.8, 4) is 5.75 Å². The van der Waals surface area contributed by atoms with E-state index in [-0.39, 0.29) is 25.5 Å². The number of para-hydroxylation sites is 1. The Labute approximate surface area is 145 Å². The zero-order valence-electron chi connectivity index (χ0n) is 14.1. The number of nitrogens with zero attached hydrogens (tertiary/aromatic N) is 1. The number of ether oxygens (including phenoxy) is 2. The molecule has 25 heavy (non-hydrogen) atoms. The quantitative estimate of drug-likeness (QED) is 0.743. The Morgan fingerprint density at radius 2 is 2.12 bits per heavy atom. The van der Waals surface area contributed by atoms with Crippen molar-refractivity contribution in [1.82, 2.24) is 10.2 Å². The summed E-state index contributed by atoms with van der Waals surface area (Å²) in [5, 5.41) is 11.5. The highest BCUT2D eigenvalue weighted by molar-refractivity contribution is 5.98. The molecule has 136 valence electrons. The molecule has 0 saturated carbocycles. The van der Waals surface area contributed by atoms with Gasteiger partial charge in [0.15, 0.2) is 0 Å². The fourth-order valence-electron chi connectivity index (χ4n) is 2.64. The lowest BCUT2D eigenvalue weighted by molar-refractivity contribution is -0.145. The Balaban J connectivity index is 1.96. The highest BCUT2D eigenvalue weighted by Gasteiger charge is 2.29. The van der Waals surface area contributed by atoms with Gasteiger partial charge in [0.2, 0.25) is 5.91 Å². The third-order valence-corrected chi connectivity index (χ3v) is 3.79. The first kappa shape index (κ1) is 18.7. The number of hydrogen-bond donors (Lipinski definition) is 2. The van der Waals surface area contributed by atoms with Gasteiger partial charge in [-0.25, -0.2) is 0 Å². The van der Waals surface area contributed by atoms with E-state index < -0.39 is 17.9 Å². The molecule has 2 amide bonds. The molecule has 1 unspecified atom stereocenters. The summed E-state index contributed by atoms with van der Waals surface area (Å²) in [6, 6.07) is 6.26. The van der Waals surface area contributed by atoms with E-state index in [1.807, 2.05) is 6.92 Å². The van der Waals surface area contributed by atoms with E-state index in [2.05, 4.69) is 5.32 Å². The van der Waals surface area contributed by atoms with Crippen molar-refractivity contribution in [3.63, 3.8) is 0 Å². The second kappa shape index (κ2) is 9.03. The lowest BCUT2D eigenvalue weighted by Gasteiger charge is -2.34. The van der Waals surface area contributed by atoms with Gasteiger partial charge < -0.3 is 24.8 Å². The van der Waals surface area contributed by atoms with Crippen molar-refractivity contribution < 1.29 is 29.0 Å². The smallest absolute Gasteiger partial charge is 0.305 e. The minimum Gasteiger partial charge on any atom is -0.493 e.